The van der Waals surface area contributed by atoms with Crippen LogP contribution >= 0.6 is 0 Å². The molecule has 0 aliphatic rings. The minimum absolute atomic E-state index is 0.0711. The Bertz CT molecular complexity index is 986. The molecule has 0 saturated carbocycles. The average Bonchev–Trinajstić information content (AvgIpc) is 2.44. The molecule has 106 valence electrons. The molecule has 3 rings (SSSR count). The minimum Gasteiger partial charge on any atom is -0.282 e. The Labute approximate surface area is 123 Å². The second-order valence-corrected chi connectivity index (χ2v) is 6.44. The maximum atomic E-state index is 11.8. The quantitative estimate of drug-likeness (QED) is 0.567. The van der Waals surface area contributed by atoms with Crippen LogP contribution in [0.2, 0.25) is 0 Å². The van der Waals surface area contributed by atoms with Crippen LogP contribution in [-0.4, -0.2) is 13.0 Å². The van der Waals surface area contributed by atoms with Gasteiger partial charge in [-0.1, -0.05) is 55.1 Å². The highest BCUT2D eigenvalue weighted by atomic mass is 32.2. The molecular formula is C17H14O3S. The Morgan fingerprint density at radius 1 is 0.952 bits per heavy atom. The first-order valence-electron chi connectivity index (χ1n) is 6.47. The Hall–Kier alpha value is -2.17. The van der Waals surface area contributed by atoms with Crippen LogP contribution in [0.15, 0.2) is 60.0 Å². The Balaban J connectivity index is 2.58. The van der Waals surface area contributed by atoms with E-state index in [1.165, 1.54) is 0 Å². The number of hydrogen-bond acceptors (Lipinski definition) is 2. The lowest BCUT2D eigenvalue weighted by molar-refractivity contribution is 0.484. The number of allylic oxidation sites excluding steroid dienone is 1. The molecule has 0 aromatic heterocycles. The summed E-state index contributed by atoms with van der Waals surface area (Å²) in [5.74, 6) is 0. The van der Waals surface area contributed by atoms with E-state index in [2.05, 4.69) is 6.58 Å². The van der Waals surface area contributed by atoms with Crippen molar-refractivity contribution in [2.75, 3.05) is 0 Å². The average molecular weight is 298 g/mol. The van der Waals surface area contributed by atoms with E-state index < -0.39 is 10.1 Å². The summed E-state index contributed by atoms with van der Waals surface area (Å²) in [6, 6.07) is 14.9. The number of hydrogen-bond donors (Lipinski definition) is 1. The molecule has 0 aliphatic carbocycles. The van der Waals surface area contributed by atoms with Gasteiger partial charge in [-0.2, -0.15) is 8.42 Å². The molecule has 3 nitrogen and oxygen atoms in total. The molecule has 0 aliphatic heterocycles. The summed E-state index contributed by atoms with van der Waals surface area (Å²) in [5.41, 5.74) is 1.04. The smallest absolute Gasteiger partial charge is 0.282 e. The summed E-state index contributed by atoms with van der Waals surface area (Å²) in [7, 11) is -4.33. The monoisotopic (exact) mass is 298 g/mol. The first-order valence-corrected chi connectivity index (χ1v) is 7.91. The minimum atomic E-state index is -4.33. The fourth-order valence-electron chi connectivity index (χ4n) is 2.67. The predicted octanol–water partition coefficient (Wildman–Crippen LogP) is 4.27. The van der Waals surface area contributed by atoms with E-state index in [4.69, 9.17) is 0 Å². The van der Waals surface area contributed by atoms with Crippen molar-refractivity contribution >= 4 is 37.2 Å². The summed E-state index contributed by atoms with van der Waals surface area (Å²) >= 11 is 0. The van der Waals surface area contributed by atoms with Crippen LogP contribution in [0.25, 0.3) is 27.1 Å². The van der Waals surface area contributed by atoms with Gasteiger partial charge in [0.25, 0.3) is 10.1 Å². The fourth-order valence-corrected chi connectivity index (χ4v) is 3.65. The van der Waals surface area contributed by atoms with Crippen molar-refractivity contribution in [1.29, 1.82) is 0 Å². The molecule has 0 fully saturated rings. The number of benzene rings is 3. The van der Waals surface area contributed by atoms with Crippen molar-refractivity contribution in [3.05, 3.63) is 60.7 Å². The van der Waals surface area contributed by atoms with Gasteiger partial charge in [-0.25, -0.2) is 0 Å². The number of rotatable bonds is 2. The van der Waals surface area contributed by atoms with Crippen molar-refractivity contribution in [2.24, 2.45) is 0 Å². The Kier molecular flexibility index (Phi) is 3.08. The second-order valence-electron chi connectivity index (χ2n) is 5.08. The highest BCUT2D eigenvalue weighted by Crippen LogP contribution is 2.34. The van der Waals surface area contributed by atoms with Crippen LogP contribution in [0.4, 0.5) is 0 Å². The normalized spacial score (nSPS) is 11.9. The van der Waals surface area contributed by atoms with Crippen molar-refractivity contribution < 1.29 is 13.0 Å². The van der Waals surface area contributed by atoms with E-state index in [0.29, 0.717) is 16.5 Å². The lowest BCUT2D eigenvalue weighted by atomic mass is 9.98. The zero-order chi connectivity index (χ0) is 15.2. The molecule has 0 heterocycles. The molecule has 0 radical (unpaired) electrons. The van der Waals surface area contributed by atoms with Crippen LogP contribution in [-0.2, 0) is 10.1 Å². The third kappa shape index (κ3) is 2.22. The molecular weight excluding hydrogens is 284 g/mol. The van der Waals surface area contributed by atoms with Crippen LogP contribution < -0.4 is 0 Å². The third-order valence-electron chi connectivity index (χ3n) is 3.59. The molecule has 0 bridgehead atoms. The van der Waals surface area contributed by atoms with Gasteiger partial charge in [-0.05, 0) is 34.2 Å². The van der Waals surface area contributed by atoms with Crippen LogP contribution in [0.3, 0.4) is 0 Å². The zero-order valence-corrected chi connectivity index (χ0v) is 12.3. The van der Waals surface area contributed by atoms with Crippen LogP contribution in [0, 0.1) is 0 Å². The molecule has 3 aromatic rings. The molecule has 0 atom stereocenters. The molecule has 1 N–H and O–H groups in total. The summed E-state index contributed by atoms with van der Waals surface area (Å²) in [5, 5.41) is 3.28. The molecule has 3 aromatic carbocycles. The molecule has 0 unspecified atom stereocenters. The highest BCUT2D eigenvalue weighted by molar-refractivity contribution is 7.86. The first kappa shape index (κ1) is 13.8. The van der Waals surface area contributed by atoms with Gasteiger partial charge in [-0.3, -0.25) is 4.55 Å². The van der Waals surface area contributed by atoms with Gasteiger partial charge in [0.1, 0.15) is 4.90 Å². The maximum Gasteiger partial charge on any atom is 0.295 e. The van der Waals surface area contributed by atoms with Crippen molar-refractivity contribution in [3.8, 4) is 0 Å². The van der Waals surface area contributed by atoms with E-state index in [1.54, 1.807) is 19.1 Å². The van der Waals surface area contributed by atoms with Gasteiger partial charge in [0.2, 0.25) is 0 Å². The topological polar surface area (TPSA) is 54.4 Å². The maximum absolute atomic E-state index is 11.8. The summed E-state index contributed by atoms with van der Waals surface area (Å²) in [6.45, 7) is 5.51. The lowest BCUT2D eigenvalue weighted by Crippen LogP contribution is -2.03. The first-order chi connectivity index (χ1) is 9.89. The van der Waals surface area contributed by atoms with Crippen molar-refractivity contribution in [1.82, 2.24) is 0 Å². The molecule has 0 amide bonds. The largest absolute Gasteiger partial charge is 0.295 e. The fraction of sp³-hybridized carbons (Fsp3) is 0.0588. The number of fused-ring (bicyclic) bond motifs is 3. The van der Waals surface area contributed by atoms with Gasteiger partial charge < -0.3 is 0 Å². The van der Waals surface area contributed by atoms with Gasteiger partial charge in [0.15, 0.2) is 0 Å². The van der Waals surface area contributed by atoms with E-state index in [1.807, 2.05) is 36.4 Å². The SMILES string of the molecule is C=C(C)c1ccc2c(ccc3ccccc32)c1S(=O)(=O)O. The van der Waals surface area contributed by atoms with E-state index in [-0.39, 0.29) is 4.90 Å². The zero-order valence-electron chi connectivity index (χ0n) is 11.5. The van der Waals surface area contributed by atoms with Crippen LogP contribution in [0.1, 0.15) is 12.5 Å². The van der Waals surface area contributed by atoms with Gasteiger partial charge >= 0.3 is 0 Å². The molecule has 21 heavy (non-hydrogen) atoms. The van der Waals surface area contributed by atoms with Crippen LogP contribution in [0.5, 0.6) is 0 Å². The standard InChI is InChI=1S/C17H14O3S/c1-11(2)13-9-10-15-14-6-4-3-5-12(14)7-8-16(15)17(13)21(18,19)20/h3-10H,1H2,2H3,(H,18,19,20). The van der Waals surface area contributed by atoms with Gasteiger partial charge in [0.05, 0.1) is 0 Å². The summed E-state index contributed by atoms with van der Waals surface area (Å²) in [4.78, 5) is -0.0711. The summed E-state index contributed by atoms with van der Waals surface area (Å²) in [6.07, 6.45) is 0. The van der Waals surface area contributed by atoms with E-state index in [0.717, 1.165) is 16.2 Å². The van der Waals surface area contributed by atoms with Gasteiger partial charge in [0, 0.05) is 5.39 Å². The highest BCUT2D eigenvalue weighted by Gasteiger charge is 2.20. The Morgan fingerprint density at radius 3 is 2.29 bits per heavy atom. The van der Waals surface area contributed by atoms with E-state index >= 15 is 0 Å². The lowest BCUT2D eigenvalue weighted by Gasteiger charge is -2.12. The summed E-state index contributed by atoms with van der Waals surface area (Å²) < 4.78 is 33.3. The van der Waals surface area contributed by atoms with Crippen molar-refractivity contribution in [2.45, 2.75) is 11.8 Å². The third-order valence-corrected chi connectivity index (χ3v) is 4.55. The predicted molar refractivity (Wildman–Crippen MR) is 86.0 cm³/mol. The Morgan fingerprint density at radius 2 is 1.62 bits per heavy atom. The van der Waals surface area contributed by atoms with Gasteiger partial charge in [-0.15, -0.1) is 0 Å². The molecule has 4 heteroatoms. The van der Waals surface area contributed by atoms with E-state index in [9.17, 15) is 13.0 Å². The van der Waals surface area contributed by atoms with Crippen molar-refractivity contribution in [3.63, 3.8) is 0 Å². The second kappa shape index (κ2) is 4.69. The molecule has 0 saturated heterocycles. The molecule has 0 spiro atoms.